The Morgan fingerprint density at radius 2 is 1.79 bits per heavy atom. The highest BCUT2D eigenvalue weighted by atomic mass is 32.2. The molecule has 3 aromatic carbocycles. The van der Waals surface area contributed by atoms with Gasteiger partial charge in [0, 0.05) is 6.54 Å². The summed E-state index contributed by atoms with van der Waals surface area (Å²) in [6.07, 6.45) is 0. The Morgan fingerprint density at radius 3 is 2.52 bits per heavy atom. The molecule has 0 bridgehead atoms. The predicted octanol–water partition coefficient (Wildman–Crippen LogP) is 4.44. The quantitative estimate of drug-likeness (QED) is 0.302. The number of anilines is 1. The Balaban J connectivity index is 1.64. The number of nitrogens with zero attached hydrogens (tertiary/aromatic N) is 2. The number of benzene rings is 3. The van der Waals surface area contributed by atoms with Crippen molar-refractivity contribution in [1.29, 1.82) is 0 Å². The fourth-order valence-electron chi connectivity index (χ4n) is 3.16. The van der Waals surface area contributed by atoms with E-state index in [1.54, 1.807) is 16.7 Å². The molecule has 1 aromatic heterocycles. The van der Waals surface area contributed by atoms with Gasteiger partial charge >= 0.3 is 0 Å². The fourth-order valence-corrected chi connectivity index (χ4v) is 4.02. The minimum atomic E-state index is -0.493. The number of thioether (sulfide) groups is 1. The van der Waals surface area contributed by atoms with Crippen LogP contribution in [0.1, 0.15) is 6.92 Å². The van der Waals surface area contributed by atoms with Gasteiger partial charge in [-0.2, -0.15) is 0 Å². The van der Waals surface area contributed by atoms with Crippen molar-refractivity contribution in [3.05, 3.63) is 76.8 Å². The topological polar surface area (TPSA) is 64.0 Å². The Kier molecular flexibility index (Phi) is 5.31. The molecule has 0 spiro atoms. The van der Waals surface area contributed by atoms with Crippen LogP contribution in [0.3, 0.4) is 0 Å². The van der Waals surface area contributed by atoms with E-state index in [2.05, 4.69) is 10.3 Å². The summed E-state index contributed by atoms with van der Waals surface area (Å²) in [6.45, 7) is 2.30. The number of fused-ring (bicyclic) bond motifs is 2. The van der Waals surface area contributed by atoms with Gasteiger partial charge in [0.2, 0.25) is 5.91 Å². The summed E-state index contributed by atoms with van der Waals surface area (Å²) in [7, 11) is 0. The summed E-state index contributed by atoms with van der Waals surface area (Å²) in [6, 6.07) is 17.5. The first-order chi connectivity index (χ1) is 14.1. The number of halogens is 1. The largest absolute Gasteiger partial charge is 0.323 e. The Morgan fingerprint density at radius 1 is 1.10 bits per heavy atom. The normalized spacial score (nSPS) is 11.1. The van der Waals surface area contributed by atoms with Crippen molar-refractivity contribution in [1.82, 2.24) is 9.55 Å². The van der Waals surface area contributed by atoms with Crippen molar-refractivity contribution in [2.75, 3.05) is 11.1 Å². The molecule has 0 aliphatic heterocycles. The van der Waals surface area contributed by atoms with Crippen LogP contribution < -0.4 is 10.9 Å². The maximum Gasteiger partial charge on any atom is 0.262 e. The van der Waals surface area contributed by atoms with Crippen LogP contribution in [0.15, 0.2) is 70.6 Å². The Labute approximate surface area is 170 Å². The molecule has 4 aromatic rings. The number of amides is 1. The number of carbonyl (C=O) groups excluding carboxylic acids is 1. The molecule has 29 heavy (non-hydrogen) atoms. The molecule has 0 atom stereocenters. The van der Waals surface area contributed by atoms with Crippen molar-refractivity contribution in [2.24, 2.45) is 0 Å². The fraction of sp³-hybridized carbons (Fsp3) is 0.136. The summed E-state index contributed by atoms with van der Waals surface area (Å²) in [5.41, 5.74) is 0.583. The molecule has 0 saturated carbocycles. The van der Waals surface area contributed by atoms with Gasteiger partial charge in [-0.25, -0.2) is 9.37 Å². The third-order valence-corrected chi connectivity index (χ3v) is 5.56. The van der Waals surface area contributed by atoms with Crippen molar-refractivity contribution < 1.29 is 9.18 Å². The van der Waals surface area contributed by atoms with Gasteiger partial charge in [-0.15, -0.1) is 0 Å². The average molecular weight is 407 g/mol. The van der Waals surface area contributed by atoms with E-state index >= 15 is 0 Å². The SMILES string of the molecule is CCn1c(SCC(=O)Nc2ccccc2F)nc2cc3ccccc3cc2c1=O. The zero-order valence-corrected chi connectivity index (χ0v) is 16.5. The van der Waals surface area contributed by atoms with Crippen LogP contribution in [0.25, 0.3) is 21.7 Å². The first-order valence-corrected chi connectivity index (χ1v) is 10.2. The van der Waals surface area contributed by atoms with Crippen LogP contribution in [0.4, 0.5) is 10.1 Å². The molecule has 146 valence electrons. The monoisotopic (exact) mass is 407 g/mol. The number of para-hydroxylation sites is 1. The number of hydrogen-bond donors (Lipinski definition) is 1. The van der Waals surface area contributed by atoms with Crippen molar-refractivity contribution >= 4 is 45.0 Å². The Bertz CT molecular complexity index is 1290. The van der Waals surface area contributed by atoms with Crippen LogP contribution in [0.2, 0.25) is 0 Å². The standard InChI is InChI=1S/C22H18FN3O2S/c1-2-26-21(28)16-11-14-7-3-4-8-15(14)12-19(16)25-22(26)29-13-20(27)24-18-10-6-5-9-17(18)23/h3-12H,2,13H2,1H3,(H,24,27). The van der Waals surface area contributed by atoms with E-state index in [0.29, 0.717) is 22.6 Å². The molecule has 0 aliphatic rings. The lowest BCUT2D eigenvalue weighted by atomic mass is 10.1. The van der Waals surface area contributed by atoms with E-state index in [0.717, 1.165) is 22.5 Å². The molecule has 0 aliphatic carbocycles. The number of aromatic nitrogens is 2. The van der Waals surface area contributed by atoms with E-state index in [9.17, 15) is 14.0 Å². The molecule has 5 nitrogen and oxygen atoms in total. The highest BCUT2D eigenvalue weighted by Gasteiger charge is 2.14. The molecule has 0 radical (unpaired) electrons. The molecule has 0 unspecified atom stereocenters. The number of rotatable bonds is 5. The van der Waals surface area contributed by atoms with Gasteiger partial charge < -0.3 is 5.32 Å². The number of carbonyl (C=O) groups is 1. The third-order valence-electron chi connectivity index (χ3n) is 4.58. The zero-order valence-electron chi connectivity index (χ0n) is 15.7. The summed E-state index contributed by atoms with van der Waals surface area (Å²) >= 11 is 1.16. The Hall–Kier alpha value is -3.19. The van der Waals surface area contributed by atoms with Gasteiger partial charge in [-0.3, -0.25) is 14.2 Å². The minimum Gasteiger partial charge on any atom is -0.323 e. The molecule has 1 heterocycles. The summed E-state index contributed by atoms with van der Waals surface area (Å²) in [5, 5.41) is 5.53. The van der Waals surface area contributed by atoms with Gasteiger partial charge in [0.15, 0.2) is 5.16 Å². The summed E-state index contributed by atoms with van der Waals surface area (Å²) < 4.78 is 15.3. The van der Waals surface area contributed by atoms with Crippen molar-refractivity contribution in [3.63, 3.8) is 0 Å². The molecular weight excluding hydrogens is 389 g/mol. The van der Waals surface area contributed by atoms with Crippen LogP contribution in [0.5, 0.6) is 0 Å². The van der Waals surface area contributed by atoms with Crippen LogP contribution in [-0.4, -0.2) is 21.2 Å². The average Bonchev–Trinajstić information content (AvgIpc) is 2.73. The third kappa shape index (κ3) is 3.86. The van der Waals surface area contributed by atoms with Crippen LogP contribution >= 0.6 is 11.8 Å². The maximum absolute atomic E-state index is 13.7. The first kappa shape index (κ1) is 19.1. The lowest BCUT2D eigenvalue weighted by molar-refractivity contribution is -0.113. The zero-order chi connectivity index (χ0) is 20.4. The molecule has 7 heteroatoms. The number of nitrogens with one attached hydrogen (secondary N) is 1. The lowest BCUT2D eigenvalue weighted by Gasteiger charge is -2.12. The first-order valence-electron chi connectivity index (χ1n) is 9.17. The smallest absolute Gasteiger partial charge is 0.262 e. The molecule has 1 amide bonds. The second-order valence-electron chi connectivity index (χ2n) is 6.48. The van der Waals surface area contributed by atoms with E-state index < -0.39 is 5.82 Å². The van der Waals surface area contributed by atoms with E-state index in [4.69, 9.17) is 0 Å². The van der Waals surface area contributed by atoms with E-state index in [-0.39, 0.29) is 22.9 Å². The van der Waals surface area contributed by atoms with Gasteiger partial charge in [0.25, 0.3) is 5.56 Å². The second kappa shape index (κ2) is 8.05. The van der Waals surface area contributed by atoms with Gasteiger partial charge in [0.1, 0.15) is 5.82 Å². The second-order valence-corrected chi connectivity index (χ2v) is 7.42. The highest BCUT2D eigenvalue weighted by Crippen LogP contribution is 2.23. The van der Waals surface area contributed by atoms with Gasteiger partial charge in [0.05, 0.1) is 22.3 Å². The van der Waals surface area contributed by atoms with Gasteiger partial charge in [-0.1, -0.05) is 48.2 Å². The minimum absolute atomic E-state index is 0.0138. The molecule has 1 N–H and O–H groups in total. The summed E-state index contributed by atoms with van der Waals surface area (Å²) in [5.74, 6) is -0.845. The molecule has 0 fully saturated rings. The van der Waals surface area contributed by atoms with Gasteiger partial charge in [-0.05, 0) is 42.0 Å². The van der Waals surface area contributed by atoms with E-state index in [1.807, 2.05) is 43.3 Å². The molecule has 4 rings (SSSR count). The molecular formula is C22H18FN3O2S. The van der Waals surface area contributed by atoms with Crippen molar-refractivity contribution in [2.45, 2.75) is 18.6 Å². The van der Waals surface area contributed by atoms with E-state index in [1.165, 1.54) is 12.1 Å². The maximum atomic E-state index is 13.7. The predicted molar refractivity (Wildman–Crippen MR) is 115 cm³/mol. The molecule has 0 saturated heterocycles. The lowest BCUT2D eigenvalue weighted by Crippen LogP contribution is -2.23. The summed E-state index contributed by atoms with van der Waals surface area (Å²) in [4.78, 5) is 29.8. The number of hydrogen-bond acceptors (Lipinski definition) is 4. The highest BCUT2D eigenvalue weighted by molar-refractivity contribution is 7.99. The van der Waals surface area contributed by atoms with Crippen molar-refractivity contribution in [3.8, 4) is 0 Å². The van der Waals surface area contributed by atoms with Crippen LogP contribution in [-0.2, 0) is 11.3 Å². The van der Waals surface area contributed by atoms with Crippen LogP contribution in [0, 0.1) is 5.82 Å².